The average molecular weight is 225 g/mol. The smallest absolute Gasteiger partial charge is 0.173 e. The molecule has 0 radical (unpaired) electrons. The number of hydrogen-bond donors (Lipinski definition) is 1. The van der Waals surface area contributed by atoms with Gasteiger partial charge in [-0.3, -0.25) is 0 Å². The minimum absolute atomic E-state index is 0.321. The summed E-state index contributed by atoms with van der Waals surface area (Å²) in [4.78, 5) is 3.99. The highest BCUT2D eigenvalue weighted by Gasteiger charge is 2.04. The van der Waals surface area contributed by atoms with Crippen molar-refractivity contribution in [1.82, 2.24) is 9.38 Å². The predicted molar refractivity (Wildman–Crippen MR) is 67.0 cm³/mol. The summed E-state index contributed by atoms with van der Waals surface area (Å²) in [5.74, 6) is -0.386. The summed E-state index contributed by atoms with van der Waals surface area (Å²) in [5, 5.41) is 0. The summed E-state index contributed by atoms with van der Waals surface area (Å²) < 4.78 is 14.7. The van der Waals surface area contributed by atoms with Crippen LogP contribution in [0.1, 0.15) is 33.4 Å². The van der Waals surface area contributed by atoms with Crippen LogP contribution in [-0.2, 0) is 0 Å². The van der Waals surface area contributed by atoms with Crippen molar-refractivity contribution in [1.29, 1.82) is 0 Å². The Balaban J connectivity index is 0.000000509. The molecule has 0 fully saturated rings. The van der Waals surface area contributed by atoms with Gasteiger partial charge in [0, 0.05) is 18.5 Å². The van der Waals surface area contributed by atoms with E-state index < -0.39 is 0 Å². The Kier molecular flexibility index (Phi) is 6.15. The lowest BCUT2D eigenvalue weighted by Gasteiger charge is -1.96. The molecular weight excluding hydrogens is 205 g/mol. The number of nitrogens with two attached hydrogens (primary N) is 1. The first-order valence-electron chi connectivity index (χ1n) is 5.57. The molecular formula is C12H20FN3. The molecule has 0 aliphatic heterocycles. The van der Waals surface area contributed by atoms with E-state index in [1.807, 2.05) is 34.6 Å². The number of halogens is 1. The van der Waals surface area contributed by atoms with Crippen LogP contribution in [0.2, 0.25) is 0 Å². The second-order valence-electron chi connectivity index (χ2n) is 2.73. The number of nitrogen functional groups attached to an aromatic ring is 1. The fraction of sp³-hybridized carbons (Fsp3) is 0.417. The van der Waals surface area contributed by atoms with Crippen LogP contribution in [0.4, 0.5) is 10.1 Å². The lowest BCUT2D eigenvalue weighted by atomic mass is 10.4. The van der Waals surface area contributed by atoms with Gasteiger partial charge in [-0.15, -0.1) is 0 Å². The lowest BCUT2D eigenvalue weighted by molar-refractivity contribution is 0.630. The largest absolute Gasteiger partial charge is 0.397 e. The number of anilines is 1. The number of aryl methyl sites for hydroxylation is 1. The number of rotatable bonds is 0. The molecule has 0 bridgehead atoms. The molecule has 2 N–H and O–H groups in total. The van der Waals surface area contributed by atoms with Crippen LogP contribution >= 0.6 is 0 Å². The van der Waals surface area contributed by atoms with Gasteiger partial charge in [0.15, 0.2) is 11.5 Å². The van der Waals surface area contributed by atoms with Crippen molar-refractivity contribution in [3.05, 3.63) is 30.0 Å². The number of aromatic nitrogens is 2. The molecule has 2 heterocycles. The summed E-state index contributed by atoms with van der Waals surface area (Å²) in [6.07, 6.45) is 3.37. The van der Waals surface area contributed by atoms with Crippen molar-refractivity contribution >= 4 is 11.3 Å². The standard InChI is InChI=1S/C8H8FN3.2C2H6/c1-5-3-12-4-6(10)2-7(9)8(12)11-5;2*1-2/h2-4H,10H2,1H3;2*1-2H3. The van der Waals surface area contributed by atoms with E-state index in [0.29, 0.717) is 11.3 Å². The van der Waals surface area contributed by atoms with Gasteiger partial charge < -0.3 is 10.1 Å². The van der Waals surface area contributed by atoms with E-state index in [4.69, 9.17) is 5.73 Å². The second-order valence-corrected chi connectivity index (χ2v) is 2.73. The summed E-state index contributed by atoms with van der Waals surface area (Å²) in [5.41, 5.74) is 6.94. The molecule has 0 aliphatic rings. The quantitative estimate of drug-likeness (QED) is 0.746. The molecule has 16 heavy (non-hydrogen) atoms. The summed E-state index contributed by atoms with van der Waals surface area (Å²) >= 11 is 0. The van der Waals surface area contributed by atoms with E-state index in [2.05, 4.69) is 4.98 Å². The molecule has 4 heteroatoms. The van der Waals surface area contributed by atoms with Crippen LogP contribution < -0.4 is 5.73 Å². The van der Waals surface area contributed by atoms with Crippen LogP contribution in [0.15, 0.2) is 18.5 Å². The minimum Gasteiger partial charge on any atom is -0.397 e. The maximum Gasteiger partial charge on any atom is 0.173 e. The Morgan fingerprint density at radius 1 is 1.19 bits per heavy atom. The monoisotopic (exact) mass is 225 g/mol. The first-order chi connectivity index (χ1) is 7.66. The highest BCUT2D eigenvalue weighted by molar-refractivity contribution is 5.49. The molecule has 3 nitrogen and oxygen atoms in total. The van der Waals surface area contributed by atoms with Crippen LogP contribution in [0.5, 0.6) is 0 Å². The van der Waals surface area contributed by atoms with Crippen LogP contribution in [0, 0.1) is 12.7 Å². The van der Waals surface area contributed by atoms with Crippen molar-refractivity contribution in [2.45, 2.75) is 34.6 Å². The zero-order chi connectivity index (χ0) is 12.7. The van der Waals surface area contributed by atoms with Gasteiger partial charge in [0.2, 0.25) is 0 Å². The van der Waals surface area contributed by atoms with Crippen molar-refractivity contribution in [3.63, 3.8) is 0 Å². The van der Waals surface area contributed by atoms with Crippen molar-refractivity contribution < 1.29 is 4.39 Å². The van der Waals surface area contributed by atoms with Crippen LogP contribution in [-0.4, -0.2) is 9.38 Å². The average Bonchev–Trinajstić information content (AvgIpc) is 2.65. The summed E-state index contributed by atoms with van der Waals surface area (Å²) in [7, 11) is 0. The Bertz CT molecular complexity index is 435. The number of fused-ring (bicyclic) bond motifs is 1. The topological polar surface area (TPSA) is 43.3 Å². The summed E-state index contributed by atoms with van der Waals surface area (Å²) in [6, 6.07) is 1.27. The van der Waals surface area contributed by atoms with Gasteiger partial charge in [0.1, 0.15) is 0 Å². The van der Waals surface area contributed by atoms with Gasteiger partial charge >= 0.3 is 0 Å². The number of hydrogen-bond acceptors (Lipinski definition) is 2. The molecule has 0 amide bonds. The molecule has 0 atom stereocenters. The van der Waals surface area contributed by atoms with Crippen LogP contribution in [0.3, 0.4) is 0 Å². The normalized spacial score (nSPS) is 8.88. The molecule has 0 aromatic carbocycles. The van der Waals surface area contributed by atoms with E-state index in [0.717, 1.165) is 5.69 Å². The minimum atomic E-state index is -0.386. The summed E-state index contributed by atoms with van der Waals surface area (Å²) in [6.45, 7) is 9.81. The van der Waals surface area contributed by atoms with Crippen molar-refractivity contribution in [2.24, 2.45) is 0 Å². The first-order valence-corrected chi connectivity index (χ1v) is 5.57. The fourth-order valence-corrected chi connectivity index (χ4v) is 1.20. The highest BCUT2D eigenvalue weighted by Crippen LogP contribution is 2.12. The van der Waals surface area contributed by atoms with E-state index in [9.17, 15) is 4.39 Å². The van der Waals surface area contributed by atoms with Crippen molar-refractivity contribution in [2.75, 3.05) is 5.73 Å². The maximum atomic E-state index is 13.1. The first kappa shape index (κ1) is 14.4. The van der Waals surface area contributed by atoms with Gasteiger partial charge in [-0.1, -0.05) is 27.7 Å². The van der Waals surface area contributed by atoms with Crippen molar-refractivity contribution in [3.8, 4) is 0 Å². The number of pyridine rings is 1. The SMILES string of the molecule is CC.CC.Cc1cn2cc(N)cc(F)c2n1. The molecule has 0 aliphatic carbocycles. The fourth-order valence-electron chi connectivity index (χ4n) is 1.20. The van der Waals surface area contributed by atoms with Gasteiger partial charge in [0.25, 0.3) is 0 Å². The maximum absolute atomic E-state index is 13.1. The van der Waals surface area contributed by atoms with Crippen LogP contribution in [0.25, 0.3) is 5.65 Å². The molecule has 2 aromatic heterocycles. The Morgan fingerprint density at radius 3 is 2.31 bits per heavy atom. The Morgan fingerprint density at radius 2 is 1.75 bits per heavy atom. The second kappa shape index (κ2) is 6.82. The van der Waals surface area contributed by atoms with Gasteiger partial charge in [0.05, 0.1) is 11.4 Å². The zero-order valence-corrected chi connectivity index (χ0v) is 10.6. The van der Waals surface area contributed by atoms with E-state index in [-0.39, 0.29) is 5.82 Å². The molecule has 2 aromatic rings. The molecule has 0 saturated heterocycles. The molecule has 2 rings (SSSR count). The molecule has 0 unspecified atom stereocenters. The number of nitrogens with zero attached hydrogens (tertiary/aromatic N) is 2. The third-order valence-electron chi connectivity index (χ3n) is 1.65. The van der Waals surface area contributed by atoms with E-state index in [1.54, 1.807) is 16.8 Å². The molecule has 0 saturated carbocycles. The van der Waals surface area contributed by atoms with E-state index in [1.165, 1.54) is 6.07 Å². The zero-order valence-electron chi connectivity index (χ0n) is 10.6. The predicted octanol–water partition coefficient (Wildman–Crippen LogP) is 3.42. The highest BCUT2D eigenvalue weighted by atomic mass is 19.1. The van der Waals surface area contributed by atoms with Gasteiger partial charge in [-0.05, 0) is 6.92 Å². The third-order valence-corrected chi connectivity index (χ3v) is 1.65. The molecule has 0 spiro atoms. The van der Waals surface area contributed by atoms with E-state index >= 15 is 0 Å². The Hall–Kier alpha value is -1.58. The molecule has 90 valence electrons. The Labute approximate surface area is 96.1 Å². The van der Waals surface area contributed by atoms with Gasteiger partial charge in [-0.2, -0.15) is 0 Å². The lowest BCUT2D eigenvalue weighted by Crippen LogP contribution is -1.92. The third kappa shape index (κ3) is 3.22. The number of imidazole rings is 1. The van der Waals surface area contributed by atoms with Gasteiger partial charge in [-0.25, -0.2) is 9.37 Å².